The van der Waals surface area contributed by atoms with Crippen molar-refractivity contribution < 1.29 is 18.7 Å². The molecule has 1 atom stereocenters. The van der Waals surface area contributed by atoms with Gasteiger partial charge < -0.3 is 19.8 Å². The summed E-state index contributed by atoms with van der Waals surface area (Å²) in [6.07, 6.45) is 4.23. The van der Waals surface area contributed by atoms with Gasteiger partial charge in [0.05, 0.1) is 5.39 Å². The van der Waals surface area contributed by atoms with Gasteiger partial charge in [-0.05, 0) is 37.5 Å². The molecule has 2 aromatic carbocycles. The van der Waals surface area contributed by atoms with E-state index >= 15 is 0 Å². The molecule has 1 aliphatic heterocycles. The minimum atomic E-state index is -0.657. The first-order chi connectivity index (χ1) is 17.1. The summed E-state index contributed by atoms with van der Waals surface area (Å²) >= 11 is 0. The van der Waals surface area contributed by atoms with E-state index in [1.165, 1.54) is 30.7 Å². The maximum absolute atomic E-state index is 12.6. The second-order valence-electron chi connectivity index (χ2n) is 8.24. The van der Waals surface area contributed by atoms with E-state index in [9.17, 15) is 14.4 Å². The lowest BCUT2D eigenvalue weighted by Crippen LogP contribution is -2.35. The molecule has 2 heterocycles. The fourth-order valence-corrected chi connectivity index (χ4v) is 6.79. The van der Waals surface area contributed by atoms with Gasteiger partial charge in [0.15, 0.2) is 5.43 Å². The van der Waals surface area contributed by atoms with Crippen molar-refractivity contribution in [2.45, 2.75) is 37.4 Å². The van der Waals surface area contributed by atoms with Crippen LogP contribution in [0.4, 0.5) is 4.79 Å². The van der Waals surface area contributed by atoms with Gasteiger partial charge in [-0.25, -0.2) is 4.79 Å². The lowest BCUT2D eigenvalue weighted by molar-refractivity contribution is -0.121. The molecule has 0 radical (unpaired) electrons. The molecule has 184 valence electrons. The summed E-state index contributed by atoms with van der Waals surface area (Å²) in [6.45, 7) is 0.573. The lowest BCUT2D eigenvalue weighted by atomic mass is 10.1. The number of ether oxygens (including phenoxy) is 1. The van der Waals surface area contributed by atoms with E-state index in [2.05, 4.69) is 10.6 Å². The number of fused-ring (bicyclic) bond motifs is 1. The van der Waals surface area contributed by atoms with Crippen LogP contribution in [0.5, 0.6) is 5.75 Å². The molecule has 4 rings (SSSR count). The minimum absolute atomic E-state index is 0.00950. The molecule has 3 aromatic rings. The standard InChI is InChI=1S/C26H28N2O5S2/c29-22-17-24(18-6-2-1-3-7-18)33-23-11-10-19(16-21(22)23)32-26(31)28-14-13-27-25(30)9-5-4-8-20-12-15-34-35-20/h1-3,6-7,10-11,16-17,20H,4-5,8-9,12-15H2,(H,27,30)(H,28,31)/t20-/m1/s1. The number of rotatable bonds is 10. The third-order valence-corrected chi connectivity index (χ3v) is 8.60. The monoisotopic (exact) mass is 512 g/mol. The number of hydrogen-bond donors (Lipinski definition) is 2. The molecular formula is C26H28N2O5S2. The summed E-state index contributed by atoms with van der Waals surface area (Å²) in [5, 5.41) is 6.47. The van der Waals surface area contributed by atoms with Gasteiger partial charge in [-0.2, -0.15) is 0 Å². The molecule has 0 bridgehead atoms. The zero-order valence-electron chi connectivity index (χ0n) is 19.3. The number of carbonyl (C=O) groups excluding carboxylic acids is 2. The van der Waals surface area contributed by atoms with Crippen LogP contribution in [0.2, 0.25) is 0 Å². The molecule has 1 saturated heterocycles. The molecule has 1 aromatic heterocycles. The summed E-state index contributed by atoms with van der Waals surface area (Å²) < 4.78 is 11.1. The van der Waals surface area contributed by atoms with Crippen molar-refractivity contribution in [3.63, 3.8) is 0 Å². The lowest BCUT2D eigenvalue weighted by Gasteiger charge is -2.09. The average Bonchev–Trinajstić information content (AvgIpc) is 3.39. The van der Waals surface area contributed by atoms with Gasteiger partial charge in [0, 0.05) is 42.1 Å². The quantitative estimate of drug-likeness (QED) is 0.278. The Kier molecular flexibility index (Phi) is 9.14. The Hall–Kier alpha value is -2.91. The average molecular weight is 513 g/mol. The number of unbranched alkanes of at least 4 members (excludes halogenated alkanes) is 1. The molecule has 1 aliphatic rings. The Labute approximate surface area is 211 Å². The third kappa shape index (κ3) is 7.53. The van der Waals surface area contributed by atoms with Crippen LogP contribution in [0.25, 0.3) is 22.3 Å². The number of carbonyl (C=O) groups is 2. The van der Waals surface area contributed by atoms with E-state index < -0.39 is 6.09 Å². The summed E-state index contributed by atoms with van der Waals surface area (Å²) in [4.78, 5) is 36.6. The van der Waals surface area contributed by atoms with Gasteiger partial charge in [-0.1, -0.05) is 58.3 Å². The largest absolute Gasteiger partial charge is 0.456 e. The molecule has 0 aliphatic carbocycles. The van der Waals surface area contributed by atoms with E-state index in [1.807, 2.05) is 51.9 Å². The molecule has 7 nitrogen and oxygen atoms in total. The van der Waals surface area contributed by atoms with Crippen molar-refractivity contribution >= 4 is 44.6 Å². The fourth-order valence-electron chi connectivity index (χ4n) is 3.76. The van der Waals surface area contributed by atoms with Crippen LogP contribution in [-0.2, 0) is 4.79 Å². The van der Waals surface area contributed by atoms with Gasteiger partial charge in [0.2, 0.25) is 5.91 Å². The Balaban J connectivity index is 1.19. The van der Waals surface area contributed by atoms with Gasteiger partial charge in [-0.3, -0.25) is 9.59 Å². The molecule has 35 heavy (non-hydrogen) atoms. The Morgan fingerprint density at radius 3 is 2.66 bits per heavy atom. The Morgan fingerprint density at radius 2 is 1.86 bits per heavy atom. The first kappa shape index (κ1) is 25.2. The van der Waals surface area contributed by atoms with E-state index in [-0.39, 0.29) is 23.6 Å². The number of amides is 2. The summed E-state index contributed by atoms with van der Waals surface area (Å²) in [5.74, 6) is 1.93. The van der Waals surface area contributed by atoms with Gasteiger partial charge >= 0.3 is 6.09 Å². The van der Waals surface area contributed by atoms with Crippen molar-refractivity contribution in [3.05, 3.63) is 64.8 Å². The molecular weight excluding hydrogens is 484 g/mol. The molecule has 9 heteroatoms. The van der Waals surface area contributed by atoms with Gasteiger partial charge in [-0.15, -0.1) is 0 Å². The zero-order chi connectivity index (χ0) is 24.5. The highest BCUT2D eigenvalue weighted by molar-refractivity contribution is 8.77. The Bertz CT molecular complexity index is 1210. The normalized spacial score (nSPS) is 15.1. The number of nitrogens with one attached hydrogen (secondary N) is 2. The molecule has 2 amide bonds. The van der Waals surface area contributed by atoms with E-state index in [1.54, 1.807) is 12.1 Å². The van der Waals surface area contributed by atoms with Crippen molar-refractivity contribution in [2.24, 2.45) is 0 Å². The fraction of sp³-hybridized carbons (Fsp3) is 0.346. The minimum Gasteiger partial charge on any atom is -0.456 e. The molecule has 2 N–H and O–H groups in total. The van der Waals surface area contributed by atoms with E-state index in [0.29, 0.717) is 29.7 Å². The van der Waals surface area contributed by atoms with Crippen LogP contribution >= 0.6 is 21.6 Å². The smallest absolute Gasteiger partial charge is 0.412 e. The predicted molar refractivity (Wildman–Crippen MR) is 142 cm³/mol. The third-order valence-electron chi connectivity index (χ3n) is 5.59. The van der Waals surface area contributed by atoms with E-state index in [0.717, 1.165) is 23.7 Å². The molecule has 0 spiro atoms. The summed E-state index contributed by atoms with van der Waals surface area (Å²) in [7, 11) is 3.90. The van der Waals surface area contributed by atoms with Crippen molar-refractivity contribution in [3.8, 4) is 17.1 Å². The molecule has 1 fully saturated rings. The SMILES string of the molecule is O=C(CCCC[C@@H]1CCSS1)NCCNC(=O)Oc1ccc2oc(-c3ccccc3)cc(=O)c2c1. The maximum atomic E-state index is 12.6. The predicted octanol–water partition coefficient (Wildman–Crippen LogP) is 5.38. The first-order valence-corrected chi connectivity index (χ1v) is 14.1. The highest BCUT2D eigenvalue weighted by Gasteiger charge is 2.16. The maximum Gasteiger partial charge on any atom is 0.412 e. The number of hydrogen-bond acceptors (Lipinski definition) is 7. The van der Waals surface area contributed by atoms with Crippen LogP contribution in [-0.4, -0.2) is 36.1 Å². The topological polar surface area (TPSA) is 97.6 Å². The van der Waals surface area contributed by atoms with Crippen LogP contribution in [0.3, 0.4) is 0 Å². The van der Waals surface area contributed by atoms with Crippen molar-refractivity contribution in [1.29, 1.82) is 0 Å². The highest BCUT2D eigenvalue weighted by Crippen LogP contribution is 2.39. The van der Waals surface area contributed by atoms with E-state index in [4.69, 9.17) is 9.15 Å². The van der Waals surface area contributed by atoms with Crippen LogP contribution < -0.4 is 20.8 Å². The Morgan fingerprint density at radius 1 is 1.03 bits per heavy atom. The first-order valence-electron chi connectivity index (χ1n) is 11.7. The summed E-state index contributed by atoms with van der Waals surface area (Å²) in [6, 6.07) is 15.5. The van der Waals surface area contributed by atoms with Gasteiger partial charge in [0.1, 0.15) is 17.1 Å². The van der Waals surface area contributed by atoms with Crippen LogP contribution in [0.1, 0.15) is 32.1 Å². The van der Waals surface area contributed by atoms with Crippen LogP contribution in [0.15, 0.2) is 63.8 Å². The van der Waals surface area contributed by atoms with Crippen molar-refractivity contribution in [2.75, 3.05) is 18.8 Å². The van der Waals surface area contributed by atoms with Crippen molar-refractivity contribution in [1.82, 2.24) is 10.6 Å². The molecule has 0 unspecified atom stereocenters. The second-order valence-corrected chi connectivity index (χ2v) is 11.0. The summed E-state index contributed by atoms with van der Waals surface area (Å²) in [5.41, 5.74) is 0.993. The highest BCUT2D eigenvalue weighted by atomic mass is 33.1. The number of benzene rings is 2. The second kappa shape index (κ2) is 12.7. The van der Waals surface area contributed by atoms with Crippen LogP contribution in [0, 0.1) is 0 Å². The van der Waals surface area contributed by atoms with Gasteiger partial charge in [0.25, 0.3) is 0 Å². The molecule has 0 saturated carbocycles. The zero-order valence-corrected chi connectivity index (χ0v) is 20.9.